The molecule has 4 aliphatic carbocycles. The summed E-state index contributed by atoms with van der Waals surface area (Å²) in [5.41, 5.74) is 0.279. The van der Waals surface area contributed by atoms with Crippen LogP contribution in [0, 0.1) is 28.6 Å². The molecule has 4 rings (SSSR count). The zero-order valence-electron chi connectivity index (χ0n) is 13.8. The maximum absolute atomic E-state index is 13.9. The van der Waals surface area contributed by atoms with Crippen molar-refractivity contribution >= 4 is 0 Å². The number of aliphatic hydroxyl groups is 2. The molecule has 3 fully saturated rings. The molecule has 3 saturated carbocycles. The number of allylic oxidation sites excluding steroid dienone is 1. The number of hydrogen-bond acceptors (Lipinski definition) is 2. The van der Waals surface area contributed by atoms with E-state index < -0.39 is 17.9 Å². The van der Waals surface area contributed by atoms with Crippen LogP contribution >= 0.6 is 0 Å². The standard InChI is InChI=1S/C19H28F2O2/c1-18-8-6-12(22)10-11(18)2-3-13-14(18)7-9-19(17(20)21)15(13)4-5-16(19)23/h2,12-17,22-23H,3-10H2,1H3/t12-,13+,14-,15-,16-,18-,19+/m0/s1. The molecule has 0 aromatic rings. The Labute approximate surface area is 137 Å². The Morgan fingerprint density at radius 3 is 2.61 bits per heavy atom. The molecule has 2 N–H and O–H groups in total. The van der Waals surface area contributed by atoms with E-state index in [0.29, 0.717) is 18.8 Å². The van der Waals surface area contributed by atoms with Crippen LogP contribution in [0.3, 0.4) is 0 Å². The first-order valence-corrected chi connectivity index (χ1v) is 9.23. The van der Waals surface area contributed by atoms with Crippen molar-refractivity contribution in [2.75, 3.05) is 0 Å². The van der Waals surface area contributed by atoms with Crippen LogP contribution in [0.15, 0.2) is 11.6 Å². The minimum atomic E-state index is -2.42. The van der Waals surface area contributed by atoms with Crippen molar-refractivity contribution in [2.24, 2.45) is 28.6 Å². The summed E-state index contributed by atoms with van der Waals surface area (Å²) in [6, 6.07) is 0. The SMILES string of the molecule is C[C@]12CC[C@H](O)CC1=CC[C@H]1[C@@H]3CC[C@H](O)[C@@]3(C(F)F)CC[C@@H]12. The van der Waals surface area contributed by atoms with Crippen molar-refractivity contribution in [3.63, 3.8) is 0 Å². The van der Waals surface area contributed by atoms with Crippen molar-refractivity contribution in [3.05, 3.63) is 11.6 Å². The summed E-state index contributed by atoms with van der Waals surface area (Å²) >= 11 is 0. The molecule has 4 aliphatic rings. The van der Waals surface area contributed by atoms with Crippen molar-refractivity contribution in [1.82, 2.24) is 0 Å². The summed E-state index contributed by atoms with van der Waals surface area (Å²) in [5.74, 6) is 0.675. The summed E-state index contributed by atoms with van der Waals surface area (Å²) in [6.07, 6.45) is 4.70. The average molecular weight is 326 g/mol. The largest absolute Gasteiger partial charge is 0.393 e. The summed E-state index contributed by atoms with van der Waals surface area (Å²) in [5, 5.41) is 20.3. The molecule has 0 spiro atoms. The molecule has 7 atom stereocenters. The van der Waals surface area contributed by atoms with E-state index in [9.17, 15) is 19.0 Å². The van der Waals surface area contributed by atoms with Gasteiger partial charge in [0.1, 0.15) is 0 Å². The van der Waals surface area contributed by atoms with Gasteiger partial charge in [0.2, 0.25) is 6.43 Å². The fourth-order valence-electron chi connectivity index (χ4n) is 6.76. The van der Waals surface area contributed by atoms with E-state index in [1.165, 1.54) is 5.57 Å². The maximum atomic E-state index is 13.9. The van der Waals surface area contributed by atoms with Crippen LogP contribution in [0.1, 0.15) is 58.3 Å². The predicted molar refractivity (Wildman–Crippen MR) is 84.0 cm³/mol. The van der Waals surface area contributed by atoms with Crippen molar-refractivity contribution in [1.29, 1.82) is 0 Å². The lowest BCUT2D eigenvalue weighted by Gasteiger charge is -2.57. The van der Waals surface area contributed by atoms with Gasteiger partial charge in [0.05, 0.1) is 17.6 Å². The van der Waals surface area contributed by atoms with E-state index >= 15 is 0 Å². The van der Waals surface area contributed by atoms with Crippen LogP contribution in [-0.2, 0) is 0 Å². The summed E-state index contributed by atoms with van der Waals surface area (Å²) in [6.45, 7) is 2.29. The molecule has 0 bridgehead atoms. The van der Waals surface area contributed by atoms with Crippen LogP contribution in [0.4, 0.5) is 8.78 Å². The fourth-order valence-corrected chi connectivity index (χ4v) is 6.76. The second-order valence-corrected chi connectivity index (χ2v) is 8.70. The number of aliphatic hydroxyl groups excluding tert-OH is 2. The highest BCUT2D eigenvalue weighted by atomic mass is 19.3. The quantitative estimate of drug-likeness (QED) is 0.717. The Morgan fingerprint density at radius 1 is 1.09 bits per heavy atom. The topological polar surface area (TPSA) is 40.5 Å². The first-order chi connectivity index (χ1) is 10.9. The third-order valence-corrected chi connectivity index (χ3v) is 8.03. The second kappa shape index (κ2) is 5.26. The Kier molecular flexibility index (Phi) is 3.66. The van der Waals surface area contributed by atoms with E-state index in [1.54, 1.807) is 0 Å². The van der Waals surface area contributed by atoms with Gasteiger partial charge in [0, 0.05) is 0 Å². The molecule has 0 radical (unpaired) electrons. The molecule has 0 saturated heterocycles. The van der Waals surface area contributed by atoms with E-state index in [-0.39, 0.29) is 23.4 Å². The normalized spacial score (nSPS) is 52.6. The van der Waals surface area contributed by atoms with Crippen LogP contribution < -0.4 is 0 Å². The van der Waals surface area contributed by atoms with Gasteiger partial charge in [-0.25, -0.2) is 8.78 Å². The Bertz CT molecular complexity index is 519. The predicted octanol–water partition coefficient (Wildman–Crippen LogP) is 3.92. The summed E-state index contributed by atoms with van der Waals surface area (Å²) in [7, 11) is 0. The molecule has 2 nitrogen and oxygen atoms in total. The van der Waals surface area contributed by atoms with E-state index in [0.717, 1.165) is 38.5 Å². The number of fused-ring (bicyclic) bond motifs is 5. The minimum absolute atomic E-state index is 0.0438. The lowest BCUT2D eigenvalue weighted by molar-refractivity contribution is -0.154. The number of halogens is 2. The van der Waals surface area contributed by atoms with Crippen LogP contribution in [0.5, 0.6) is 0 Å². The van der Waals surface area contributed by atoms with Crippen molar-refractivity contribution < 1.29 is 19.0 Å². The first-order valence-electron chi connectivity index (χ1n) is 9.23. The smallest absolute Gasteiger partial charge is 0.246 e. The van der Waals surface area contributed by atoms with Gasteiger partial charge in [-0.05, 0) is 74.5 Å². The third-order valence-electron chi connectivity index (χ3n) is 8.03. The molecule has 0 amide bonds. The van der Waals surface area contributed by atoms with Gasteiger partial charge in [0.15, 0.2) is 0 Å². The van der Waals surface area contributed by atoms with E-state index in [2.05, 4.69) is 13.0 Å². The molecule has 23 heavy (non-hydrogen) atoms. The zero-order chi connectivity index (χ0) is 16.4. The number of alkyl halides is 2. The second-order valence-electron chi connectivity index (χ2n) is 8.70. The Hall–Kier alpha value is -0.480. The van der Waals surface area contributed by atoms with Gasteiger partial charge in [-0.2, -0.15) is 0 Å². The lowest BCUT2D eigenvalue weighted by atomic mass is 9.47. The molecule has 0 aromatic heterocycles. The van der Waals surface area contributed by atoms with Crippen molar-refractivity contribution in [2.45, 2.75) is 76.9 Å². The van der Waals surface area contributed by atoms with Gasteiger partial charge in [0.25, 0.3) is 0 Å². The Balaban J connectivity index is 1.69. The van der Waals surface area contributed by atoms with Gasteiger partial charge in [-0.3, -0.25) is 0 Å². The van der Waals surface area contributed by atoms with Crippen LogP contribution in [0.25, 0.3) is 0 Å². The van der Waals surface area contributed by atoms with Crippen LogP contribution in [-0.4, -0.2) is 28.8 Å². The van der Waals surface area contributed by atoms with Gasteiger partial charge < -0.3 is 10.2 Å². The zero-order valence-corrected chi connectivity index (χ0v) is 13.8. The molecule has 0 unspecified atom stereocenters. The monoisotopic (exact) mass is 326 g/mol. The van der Waals surface area contributed by atoms with Gasteiger partial charge in [-0.15, -0.1) is 0 Å². The molecule has 130 valence electrons. The van der Waals surface area contributed by atoms with Gasteiger partial charge in [-0.1, -0.05) is 18.6 Å². The minimum Gasteiger partial charge on any atom is -0.393 e. The number of rotatable bonds is 1. The molecular formula is C19H28F2O2. The van der Waals surface area contributed by atoms with Gasteiger partial charge >= 0.3 is 0 Å². The molecule has 0 heterocycles. The highest BCUT2D eigenvalue weighted by molar-refractivity contribution is 5.25. The highest BCUT2D eigenvalue weighted by Crippen LogP contribution is 2.66. The molecule has 0 aromatic carbocycles. The van der Waals surface area contributed by atoms with E-state index in [4.69, 9.17) is 0 Å². The Morgan fingerprint density at radius 2 is 1.87 bits per heavy atom. The number of hydrogen-bond donors (Lipinski definition) is 2. The highest BCUT2D eigenvalue weighted by Gasteiger charge is 2.63. The fraction of sp³-hybridized carbons (Fsp3) is 0.895. The molecule has 4 heteroatoms. The van der Waals surface area contributed by atoms with Crippen LogP contribution in [0.2, 0.25) is 0 Å². The molecular weight excluding hydrogens is 298 g/mol. The summed E-state index contributed by atoms with van der Waals surface area (Å²) < 4.78 is 27.9. The molecule has 0 aliphatic heterocycles. The van der Waals surface area contributed by atoms with Crippen molar-refractivity contribution in [3.8, 4) is 0 Å². The average Bonchev–Trinajstić information content (AvgIpc) is 2.86. The third kappa shape index (κ3) is 2.03. The maximum Gasteiger partial charge on any atom is 0.246 e. The lowest BCUT2D eigenvalue weighted by Crippen LogP contribution is -2.54. The first kappa shape index (κ1) is 16.0. The van der Waals surface area contributed by atoms with E-state index in [1.807, 2.05) is 0 Å². The summed E-state index contributed by atoms with van der Waals surface area (Å²) in [4.78, 5) is 0.